The first-order chi connectivity index (χ1) is 6.86. The zero-order chi connectivity index (χ0) is 11.6. The third-order valence-electron chi connectivity index (χ3n) is 1.92. The lowest BCUT2D eigenvalue weighted by molar-refractivity contribution is -0.138. The van der Waals surface area contributed by atoms with Crippen LogP contribution in [0.4, 0.5) is 13.2 Å². The Balaban J connectivity index is 3.27. The molecule has 1 rings (SSSR count). The van der Waals surface area contributed by atoms with Gasteiger partial charge in [-0.25, -0.2) is 0 Å². The summed E-state index contributed by atoms with van der Waals surface area (Å²) < 4.78 is 38.0. The molecular weight excluding hydrogens is 275 g/mol. The lowest BCUT2D eigenvalue weighted by Gasteiger charge is -2.16. The fraction of sp³-hybridized carbons (Fsp3) is 0.333. The van der Waals surface area contributed by atoms with Crippen molar-refractivity contribution in [2.75, 3.05) is 6.61 Å². The first-order valence-electron chi connectivity index (χ1n) is 4.09. The van der Waals surface area contributed by atoms with Crippen molar-refractivity contribution in [3.8, 4) is 0 Å². The van der Waals surface area contributed by atoms with Crippen LogP contribution in [0, 0.1) is 0 Å². The molecule has 15 heavy (non-hydrogen) atoms. The van der Waals surface area contributed by atoms with E-state index < -0.39 is 24.4 Å². The minimum Gasteiger partial charge on any atom is -0.394 e. The minimum absolute atomic E-state index is 0.104. The van der Waals surface area contributed by atoms with Gasteiger partial charge in [0.25, 0.3) is 0 Å². The molecule has 0 amide bonds. The Morgan fingerprint density at radius 3 is 2.47 bits per heavy atom. The van der Waals surface area contributed by atoms with Crippen molar-refractivity contribution in [3.05, 3.63) is 33.8 Å². The van der Waals surface area contributed by atoms with Crippen LogP contribution in [-0.4, -0.2) is 11.7 Å². The summed E-state index contributed by atoms with van der Waals surface area (Å²) in [5, 5.41) is 8.74. The van der Waals surface area contributed by atoms with Crippen molar-refractivity contribution in [1.82, 2.24) is 0 Å². The van der Waals surface area contributed by atoms with Gasteiger partial charge >= 0.3 is 6.18 Å². The standard InChI is InChI=1S/C9H9BrF3NO/c10-5-1-2-6(8(14)4-15)7(3-5)9(11,12)13/h1-3,8,15H,4,14H2. The molecule has 0 radical (unpaired) electrons. The lowest BCUT2D eigenvalue weighted by atomic mass is 10.0. The van der Waals surface area contributed by atoms with Gasteiger partial charge in [0.1, 0.15) is 0 Å². The Morgan fingerprint density at radius 1 is 1.40 bits per heavy atom. The molecule has 6 heteroatoms. The fourth-order valence-electron chi connectivity index (χ4n) is 1.20. The van der Waals surface area contributed by atoms with E-state index in [1.165, 1.54) is 12.1 Å². The van der Waals surface area contributed by atoms with E-state index >= 15 is 0 Å². The number of alkyl halides is 3. The lowest BCUT2D eigenvalue weighted by Crippen LogP contribution is -2.20. The van der Waals surface area contributed by atoms with Gasteiger partial charge in [-0.15, -0.1) is 0 Å². The molecule has 2 nitrogen and oxygen atoms in total. The van der Waals surface area contributed by atoms with Gasteiger partial charge in [0, 0.05) is 4.47 Å². The van der Waals surface area contributed by atoms with E-state index in [0.29, 0.717) is 4.47 Å². The molecule has 3 N–H and O–H groups in total. The second-order valence-electron chi connectivity index (χ2n) is 3.02. The third-order valence-corrected chi connectivity index (χ3v) is 2.41. The molecule has 1 unspecified atom stereocenters. The van der Waals surface area contributed by atoms with Crippen molar-refractivity contribution in [3.63, 3.8) is 0 Å². The molecule has 0 aliphatic heterocycles. The Kier molecular flexibility index (Phi) is 3.75. The van der Waals surface area contributed by atoms with Crippen LogP contribution in [0.15, 0.2) is 22.7 Å². The first kappa shape index (κ1) is 12.5. The van der Waals surface area contributed by atoms with E-state index in [-0.39, 0.29) is 5.56 Å². The minimum atomic E-state index is -4.47. The predicted octanol–water partition coefficient (Wildman–Crippen LogP) is 2.46. The summed E-state index contributed by atoms with van der Waals surface area (Å²) in [5.74, 6) is 0. The van der Waals surface area contributed by atoms with Crippen molar-refractivity contribution in [2.24, 2.45) is 5.73 Å². The molecular formula is C9H9BrF3NO. The molecule has 0 saturated heterocycles. The van der Waals surface area contributed by atoms with E-state index in [2.05, 4.69) is 15.9 Å². The van der Waals surface area contributed by atoms with Crippen LogP contribution in [0.3, 0.4) is 0 Å². The summed E-state index contributed by atoms with van der Waals surface area (Å²) in [4.78, 5) is 0. The SMILES string of the molecule is NC(CO)c1ccc(Br)cc1C(F)(F)F. The summed E-state index contributed by atoms with van der Waals surface area (Å²) in [7, 11) is 0. The molecule has 0 spiro atoms. The molecule has 1 atom stereocenters. The molecule has 1 aromatic carbocycles. The number of halogens is 4. The molecule has 0 fully saturated rings. The van der Waals surface area contributed by atoms with Gasteiger partial charge in [-0.2, -0.15) is 13.2 Å². The number of aliphatic hydroxyl groups excluding tert-OH is 1. The van der Waals surface area contributed by atoms with Crippen LogP contribution < -0.4 is 5.73 Å². The van der Waals surface area contributed by atoms with E-state index in [1.807, 2.05) is 0 Å². The molecule has 1 aromatic rings. The average molecular weight is 284 g/mol. The molecule has 0 aliphatic rings. The topological polar surface area (TPSA) is 46.2 Å². The van der Waals surface area contributed by atoms with Crippen LogP contribution in [-0.2, 0) is 6.18 Å². The zero-order valence-corrected chi connectivity index (χ0v) is 9.14. The smallest absolute Gasteiger partial charge is 0.394 e. The summed E-state index contributed by atoms with van der Waals surface area (Å²) >= 11 is 2.96. The van der Waals surface area contributed by atoms with Gasteiger partial charge in [-0.3, -0.25) is 0 Å². The number of hydrogen-bond donors (Lipinski definition) is 2. The summed E-state index contributed by atoms with van der Waals surface area (Å²) in [6, 6.07) is 2.65. The highest BCUT2D eigenvalue weighted by molar-refractivity contribution is 9.10. The maximum Gasteiger partial charge on any atom is 0.416 e. The Morgan fingerprint density at radius 2 is 2.00 bits per heavy atom. The molecule has 0 bridgehead atoms. The van der Waals surface area contributed by atoms with Gasteiger partial charge in [0.05, 0.1) is 18.2 Å². The van der Waals surface area contributed by atoms with Crippen LogP contribution >= 0.6 is 15.9 Å². The van der Waals surface area contributed by atoms with Crippen LogP contribution in [0.5, 0.6) is 0 Å². The average Bonchev–Trinajstić information content (AvgIpc) is 2.15. The largest absolute Gasteiger partial charge is 0.416 e. The van der Waals surface area contributed by atoms with E-state index in [1.54, 1.807) is 0 Å². The number of rotatable bonds is 2. The van der Waals surface area contributed by atoms with E-state index in [9.17, 15) is 13.2 Å². The summed E-state index contributed by atoms with van der Waals surface area (Å²) in [6.45, 7) is -0.523. The van der Waals surface area contributed by atoms with Crippen molar-refractivity contribution < 1.29 is 18.3 Å². The molecule has 0 aromatic heterocycles. The highest BCUT2D eigenvalue weighted by Gasteiger charge is 2.34. The second-order valence-corrected chi connectivity index (χ2v) is 3.93. The molecule has 0 heterocycles. The molecule has 0 saturated carbocycles. The molecule has 0 aliphatic carbocycles. The van der Waals surface area contributed by atoms with Crippen LogP contribution in [0.1, 0.15) is 17.2 Å². The maximum atomic E-state index is 12.6. The Hall–Kier alpha value is -0.590. The van der Waals surface area contributed by atoms with E-state index in [4.69, 9.17) is 10.8 Å². The van der Waals surface area contributed by atoms with E-state index in [0.717, 1.165) is 6.07 Å². The first-order valence-corrected chi connectivity index (χ1v) is 4.88. The highest BCUT2D eigenvalue weighted by Crippen LogP contribution is 2.35. The Labute approximate surface area is 93.0 Å². The zero-order valence-electron chi connectivity index (χ0n) is 7.55. The van der Waals surface area contributed by atoms with Crippen LogP contribution in [0.25, 0.3) is 0 Å². The Bertz CT molecular complexity index is 354. The summed E-state index contributed by atoms with van der Waals surface area (Å²) in [5.41, 5.74) is 4.45. The van der Waals surface area contributed by atoms with Crippen LogP contribution in [0.2, 0.25) is 0 Å². The monoisotopic (exact) mass is 283 g/mol. The van der Waals surface area contributed by atoms with Gasteiger partial charge < -0.3 is 10.8 Å². The number of aliphatic hydroxyl groups is 1. The maximum absolute atomic E-state index is 12.6. The van der Waals surface area contributed by atoms with Gasteiger partial charge in [-0.1, -0.05) is 22.0 Å². The van der Waals surface area contributed by atoms with Crippen molar-refractivity contribution in [2.45, 2.75) is 12.2 Å². The number of nitrogens with two attached hydrogens (primary N) is 1. The highest BCUT2D eigenvalue weighted by atomic mass is 79.9. The van der Waals surface area contributed by atoms with Gasteiger partial charge in [-0.05, 0) is 17.7 Å². The predicted molar refractivity (Wildman–Crippen MR) is 53.2 cm³/mol. The van der Waals surface area contributed by atoms with Gasteiger partial charge in [0.2, 0.25) is 0 Å². The quantitative estimate of drug-likeness (QED) is 0.876. The summed E-state index contributed by atoms with van der Waals surface area (Å²) in [6.07, 6.45) is -4.47. The molecule has 84 valence electrons. The van der Waals surface area contributed by atoms with Crippen molar-refractivity contribution in [1.29, 1.82) is 0 Å². The second kappa shape index (κ2) is 4.51. The van der Waals surface area contributed by atoms with Gasteiger partial charge in [0.15, 0.2) is 0 Å². The normalized spacial score (nSPS) is 14.0. The number of hydrogen-bond acceptors (Lipinski definition) is 2. The fourth-order valence-corrected chi connectivity index (χ4v) is 1.56. The third kappa shape index (κ3) is 2.93. The van der Waals surface area contributed by atoms with Crippen molar-refractivity contribution >= 4 is 15.9 Å². The number of benzene rings is 1.